The highest BCUT2D eigenvalue weighted by Gasteiger charge is 2.20. The van der Waals surface area contributed by atoms with E-state index in [0.717, 1.165) is 11.5 Å². The molecule has 1 fully saturated rings. The minimum atomic E-state index is -0.0837. The summed E-state index contributed by atoms with van der Waals surface area (Å²) in [6.07, 6.45) is 5.33. The summed E-state index contributed by atoms with van der Waals surface area (Å²) in [6.45, 7) is 3.09. The topological polar surface area (TPSA) is 60.1 Å². The Hall–Kier alpha value is -1.56. The van der Waals surface area contributed by atoms with Crippen LogP contribution in [0.2, 0.25) is 0 Å². The smallest absolute Gasteiger partial charge is 0.291 e. The minimum absolute atomic E-state index is 0.0837. The number of aryl methyl sites for hydroxylation is 1. The van der Waals surface area contributed by atoms with Gasteiger partial charge < -0.3 is 9.73 Å². The third-order valence-corrected chi connectivity index (χ3v) is 4.49. The highest BCUT2D eigenvalue weighted by Crippen LogP contribution is 2.27. The molecule has 1 aliphatic carbocycles. The summed E-state index contributed by atoms with van der Waals surface area (Å²) in [5, 5.41) is 7.36. The quantitative estimate of drug-likeness (QED) is 0.897. The van der Waals surface area contributed by atoms with Gasteiger partial charge >= 0.3 is 0 Å². The van der Waals surface area contributed by atoms with Gasteiger partial charge in [-0.05, 0) is 53.7 Å². The van der Waals surface area contributed by atoms with Crippen molar-refractivity contribution in [3.8, 4) is 0 Å². The molecule has 21 heavy (non-hydrogen) atoms. The van der Waals surface area contributed by atoms with Crippen molar-refractivity contribution >= 4 is 21.6 Å². The molecular formula is C15H18BrN3O2. The summed E-state index contributed by atoms with van der Waals surface area (Å²) in [4.78, 5) is 12.5. The van der Waals surface area contributed by atoms with Crippen LogP contribution in [-0.4, -0.2) is 9.78 Å². The van der Waals surface area contributed by atoms with E-state index in [2.05, 4.69) is 26.3 Å². The van der Waals surface area contributed by atoms with Gasteiger partial charge in [-0.3, -0.25) is 4.79 Å². The predicted molar refractivity (Wildman–Crippen MR) is 84.3 cm³/mol. The lowest BCUT2D eigenvalue weighted by Gasteiger charge is -2.25. The molecule has 0 bridgehead atoms. The molecule has 2 aromatic rings. The molecule has 0 amide bonds. The molecule has 2 heterocycles. The van der Waals surface area contributed by atoms with Gasteiger partial charge in [0.1, 0.15) is 17.2 Å². The second kappa shape index (κ2) is 6.05. The molecule has 6 heteroatoms. The molecular weight excluding hydrogens is 334 g/mol. The van der Waals surface area contributed by atoms with Gasteiger partial charge in [0.2, 0.25) is 0 Å². The molecule has 1 saturated carbocycles. The van der Waals surface area contributed by atoms with Gasteiger partial charge in [0.15, 0.2) is 0 Å². The zero-order valence-electron chi connectivity index (χ0n) is 11.9. The number of nitrogens with one attached hydrogen (secondary N) is 1. The highest BCUT2D eigenvalue weighted by atomic mass is 79.9. The van der Waals surface area contributed by atoms with Crippen LogP contribution < -0.4 is 10.9 Å². The van der Waals surface area contributed by atoms with E-state index < -0.39 is 0 Å². The zero-order valence-corrected chi connectivity index (χ0v) is 13.5. The monoisotopic (exact) mass is 351 g/mol. The number of nitrogens with zero attached hydrogens (tertiary/aromatic N) is 2. The summed E-state index contributed by atoms with van der Waals surface area (Å²) < 4.78 is 7.74. The van der Waals surface area contributed by atoms with Crippen molar-refractivity contribution in [3.05, 3.63) is 44.7 Å². The van der Waals surface area contributed by atoms with Gasteiger partial charge in [0, 0.05) is 6.54 Å². The number of hydrogen-bond acceptors (Lipinski definition) is 4. The Balaban J connectivity index is 1.76. The van der Waals surface area contributed by atoms with E-state index >= 15 is 0 Å². The van der Waals surface area contributed by atoms with Crippen LogP contribution in [0.4, 0.5) is 5.69 Å². The van der Waals surface area contributed by atoms with Crippen LogP contribution in [0, 0.1) is 12.8 Å². The van der Waals surface area contributed by atoms with Crippen molar-refractivity contribution < 1.29 is 4.42 Å². The zero-order chi connectivity index (χ0) is 14.8. The summed E-state index contributed by atoms with van der Waals surface area (Å²) in [6, 6.07) is 3.82. The van der Waals surface area contributed by atoms with E-state index in [1.165, 1.54) is 19.3 Å². The maximum Gasteiger partial charge on any atom is 0.291 e. The molecule has 0 aliphatic heterocycles. The Morgan fingerprint density at radius 2 is 2.29 bits per heavy atom. The lowest BCUT2D eigenvalue weighted by molar-refractivity contribution is 0.262. The molecule has 1 N–H and O–H groups in total. The Labute approximate surface area is 131 Å². The van der Waals surface area contributed by atoms with Crippen LogP contribution in [0.5, 0.6) is 0 Å². The summed E-state index contributed by atoms with van der Waals surface area (Å²) in [5.41, 5.74) is 0.456. The minimum Gasteiger partial charge on any atom is -0.465 e. The maximum atomic E-state index is 12.5. The first kappa shape index (κ1) is 14.4. The first-order chi connectivity index (χ1) is 10.1. The normalized spacial score (nSPS) is 15.0. The molecule has 1 aliphatic rings. The van der Waals surface area contributed by atoms with Gasteiger partial charge in [-0.2, -0.15) is 5.10 Å². The van der Waals surface area contributed by atoms with Gasteiger partial charge in [-0.1, -0.05) is 6.42 Å². The lowest BCUT2D eigenvalue weighted by Crippen LogP contribution is -2.30. The summed E-state index contributed by atoms with van der Waals surface area (Å²) >= 11 is 3.39. The molecule has 0 saturated heterocycles. The Morgan fingerprint density at radius 1 is 1.48 bits per heavy atom. The fourth-order valence-electron chi connectivity index (χ4n) is 2.43. The number of anilines is 1. The number of hydrogen-bond donors (Lipinski definition) is 1. The van der Waals surface area contributed by atoms with Crippen molar-refractivity contribution in [1.82, 2.24) is 9.78 Å². The predicted octanol–water partition coefficient (Wildman–Crippen LogP) is 3.32. The van der Waals surface area contributed by atoms with Crippen LogP contribution in [0.15, 0.2) is 32.0 Å². The Kier molecular flexibility index (Phi) is 4.14. The number of rotatable bonds is 5. The van der Waals surface area contributed by atoms with Crippen LogP contribution in [0.25, 0.3) is 0 Å². The standard InChI is InChI=1S/C15H18BrN3O2/c1-10-5-6-12(21-10)7-17-14-13(16)8-18-19(15(14)20)9-11-3-2-4-11/h5-6,8,11,17H,2-4,7,9H2,1H3. The molecule has 112 valence electrons. The van der Waals surface area contributed by atoms with Gasteiger partial charge in [-0.25, -0.2) is 4.68 Å². The van der Waals surface area contributed by atoms with E-state index in [9.17, 15) is 4.79 Å². The molecule has 2 aromatic heterocycles. The van der Waals surface area contributed by atoms with Crippen molar-refractivity contribution in [3.63, 3.8) is 0 Å². The first-order valence-corrected chi connectivity index (χ1v) is 7.97. The average molecular weight is 352 g/mol. The number of halogens is 1. The van der Waals surface area contributed by atoms with Crippen LogP contribution in [0.3, 0.4) is 0 Å². The molecule has 0 atom stereocenters. The maximum absolute atomic E-state index is 12.5. The van der Waals surface area contributed by atoms with Crippen molar-refractivity contribution in [2.75, 3.05) is 5.32 Å². The van der Waals surface area contributed by atoms with E-state index in [1.807, 2.05) is 19.1 Å². The average Bonchev–Trinajstić information content (AvgIpc) is 2.81. The van der Waals surface area contributed by atoms with Crippen molar-refractivity contribution in [2.24, 2.45) is 5.92 Å². The summed E-state index contributed by atoms with van der Waals surface area (Å²) in [5.74, 6) is 2.26. The third-order valence-electron chi connectivity index (χ3n) is 3.89. The Morgan fingerprint density at radius 3 is 2.90 bits per heavy atom. The van der Waals surface area contributed by atoms with Crippen LogP contribution >= 0.6 is 15.9 Å². The van der Waals surface area contributed by atoms with Crippen LogP contribution in [0.1, 0.15) is 30.8 Å². The molecule has 3 rings (SSSR count). The second-order valence-electron chi connectivity index (χ2n) is 5.52. The van der Waals surface area contributed by atoms with Crippen molar-refractivity contribution in [2.45, 2.75) is 39.3 Å². The fourth-order valence-corrected chi connectivity index (χ4v) is 2.84. The second-order valence-corrected chi connectivity index (χ2v) is 6.37. The fraction of sp³-hybridized carbons (Fsp3) is 0.467. The third kappa shape index (κ3) is 3.20. The largest absolute Gasteiger partial charge is 0.465 e. The van der Waals surface area contributed by atoms with E-state index in [4.69, 9.17) is 4.42 Å². The van der Waals surface area contributed by atoms with Gasteiger partial charge in [0.05, 0.1) is 17.2 Å². The summed E-state index contributed by atoms with van der Waals surface area (Å²) in [7, 11) is 0. The Bertz CT molecular complexity index is 688. The first-order valence-electron chi connectivity index (χ1n) is 7.18. The molecule has 0 unspecified atom stereocenters. The SMILES string of the molecule is Cc1ccc(CNc2c(Br)cnn(CC3CCC3)c2=O)o1. The lowest BCUT2D eigenvalue weighted by atomic mass is 9.85. The molecule has 0 radical (unpaired) electrons. The van der Waals surface area contributed by atoms with Gasteiger partial charge in [-0.15, -0.1) is 0 Å². The number of aromatic nitrogens is 2. The van der Waals surface area contributed by atoms with Crippen LogP contribution in [-0.2, 0) is 13.1 Å². The molecule has 0 aromatic carbocycles. The van der Waals surface area contributed by atoms with Gasteiger partial charge in [0.25, 0.3) is 5.56 Å². The van der Waals surface area contributed by atoms with E-state index in [-0.39, 0.29) is 5.56 Å². The highest BCUT2D eigenvalue weighted by molar-refractivity contribution is 9.10. The van der Waals surface area contributed by atoms with E-state index in [1.54, 1.807) is 10.9 Å². The van der Waals surface area contributed by atoms with Crippen molar-refractivity contribution in [1.29, 1.82) is 0 Å². The van der Waals surface area contributed by atoms with E-state index in [0.29, 0.717) is 29.2 Å². The molecule has 0 spiro atoms. The number of furan rings is 1. The molecule has 5 nitrogen and oxygen atoms in total.